The first-order valence-electron chi connectivity index (χ1n) is 13.6. The fourth-order valence-corrected chi connectivity index (χ4v) is 5.80. The molecule has 0 spiro atoms. The largest absolute Gasteiger partial charge is 0.395 e. The molecule has 3 heterocycles. The number of nitrogens with two attached hydrogens (primary N) is 1. The fraction of sp³-hybridized carbons (Fsp3) is 0.333. The van der Waals surface area contributed by atoms with Gasteiger partial charge in [0.05, 0.1) is 12.0 Å². The third-order valence-corrected chi connectivity index (χ3v) is 7.98. The van der Waals surface area contributed by atoms with E-state index in [4.69, 9.17) is 5.73 Å². The highest BCUT2D eigenvalue weighted by Crippen LogP contribution is 2.26. The number of aromatic nitrogens is 3. The molecule has 2 aromatic carbocycles. The summed E-state index contributed by atoms with van der Waals surface area (Å²) in [6, 6.07) is 14.6. The number of likely N-dealkylation sites (tertiary alicyclic amines) is 1. The van der Waals surface area contributed by atoms with Crippen LogP contribution >= 0.6 is 0 Å². The summed E-state index contributed by atoms with van der Waals surface area (Å²) >= 11 is 0. The van der Waals surface area contributed by atoms with Crippen molar-refractivity contribution in [1.82, 2.24) is 19.4 Å². The molecular formula is C30H32N6O3. The number of benzene rings is 2. The van der Waals surface area contributed by atoms with E-state index in [1.165, 1.54) is 29.1 Å². The number of rotatable bonds is 8. The Morgan fingerprint density at radius 1 is 1.10 bits per heavy atom. The Morgan fingerprint density at radius 2 is 1.92 bits per heavy atom. The Bertz CT molecular complexity index is 1600. The first-order chi connectivity index (χ1) is 19.0. The summed E-state index contributed by atoms with van der Waals surface area (Å²) in [7, 11) is 0. The van der Waals surface area contributed by atoms with Crippen LogP contribution in [0.15, 0.2) is 59.7 Å². The molecule has 4 N–H and O–H groups in total. The standard InChI is InChI=1S/C30H32N6O3/c31-28(39)26-17-36(23-11-8-20-3-1-4-21(20)15-23)29-25(27(26)38)16-32-30(34-29)33-22-9-6-19(7-10-22)12-14-35-13-2-5-24(35)18-37/h6-11,15-17,24,37H,1-5,12-14,18H2,(H2,31,39)(H,32,33,34)/t24-/m1/s1. The van der Waals surface area contributed by atoms with E-state index >= 15 is 0 Å². The molecule has 0 saturated carbocycles. The Labute approximate surface area is 226 Å². The summed E-state index contributed by atoms with van der Waals surface area (Å²) in [5.74, 6) is -0.435. The van der Waals surface area contributed by atoms with Gasteiger partial charge in [-0.25, -0.2) is 4.98 Å². The van der Waals surface area contributed by atoms with Crippen molar-refractivity contribution in [3.05, 3.63) is 87.3 Å². The van der Waals surface area contributed by atoms with Crippen LogP contribution in [0.25, 0.3) is 16.7 Å². The van der Waals surface area contributed by atoms with Crippen molar-refractivity contribution in [1.29, 1.82) is 0 Å². The third kappa shape index (κ3) is 5.03. The van der Waals surface area contributed by atoms with E-state index in [0.29, 0.717) is 11.6 Å². The van der Waals surface area contributed by atoms with Crippen LogP contribution in [0.2, 0.25) is 0 Å². The number of fused-ring (bicyclic) bond motifs is 2. The molecule has 2 aromatic heterocycles. The van der Waals surface area contributed by atoms with Crippen molar-refractivity contribution >= 4 is 28.6 Å². The number of carbonyl (C=O) groups is 1. The van der Waals surface area contributed by atoms with Gasteiger partial charge in [0.25, 0.3) is 5.91 Å². The summed E-state index contributed by atoms with van der Waals surface area (Å²) in [4.78, 5) is 36.5. The number of nitrogens with one attached hydrogen (secondary N) is 1. The number of amides is 1. The van der Waals surface area contributed by atoms with Crippen LogP contribution < -0.4 is 16.5 Å². The Kier molecular flexibility index (Phi) is 6.85. The van der Waals surface area contributed by atoms with Gasteiger partial charge in [-0.3, -0.25) is 14.5 Å². The monoisotopic (exact) mass is 524 g/mol. The number of hydrogen-bond donors (Lipinski definition) is 3. The normalized spacial score (nSPS) is 17.0. The highest BCUT2D eigenvalue weighted by Gasteiger charge is 2.23. The lowest BCUT2D eigenvalue weighted by atomic mass is 10.1. The van der Waals surface area contributed by atoms with Crippen molar-refractivity contribution in [3.63, 3.8) is 0 Å². The lowest BCUT2D eigenvalue weighted by Gasteiger charge is -2.22. The molecule has 1 saturated heterocycles. The molecule has 1 aliphatic heterocycles. The third-order valence-electron chi connectivity index (χ3n) is 7.98. The summed E-state index contributed by atoms with van der Waals surface area (Å²) in [6.07, 6.45) is 9.23. The Balaban J connectivity index is 1.28. The molecule has 9 heteroatoms. The highest BCUT2D eigenvalue weighted by molar-refractivity contribution is 5.96. The number of hydrogen-bond acceptors (Lipinski definition) is 7. The van der Waals surface area contributed by atoms with Crippen LogP contribution in [-0.4, -0.2) is 56.2 Å². The van der Waals surface area contributed by atoms with Gasteiger partial charge < -0.3 is 20.7 Å². The van der Waals surface area contributed by atoms with E-state index in [-0.39, 0.29) is 23.6 Å². The van der Waals surface area contributed by atoms with Crippen molar-refractivity contribution in [2.45, 2.75) is 44.6 Å². The molecular weight excluding hydrogens is 492 g/mol. The predicted octanol–water partition coefficient (Wildman–Crippen LogP) is 3.11. The molecule has 2 aliphatic rings. The van der Waals surface area contributed by atoms with E-state index < -0.39 is 11.3 Å². The number of carbonyl (C=O) groups excluding carboxylic acids is 1. The Hall–Kier alpha value is -4.08. The van der Waals surface area contributed by atoms with E-state index in [9.17, 15) is 14.7 Å². The van der Waals surface area contributed by atoms with Gasteiger partial charge in [-0.05, 0) is 86.0 Å². The zero-order valence-electron chi connectivity index (χ0n) is 21.8. The van der Waals surface area contributed by atoms with E-state index in [1.807, 2.05) is 18.2 Å². The minimum Gasteiger partial charge on any atom is -0.395 e. The lowest BCUT2D eigenvalue weighted by Crippen LogP contribution is -2.33. The maximum absolute atomic E-state index is 13.0. The molecule has 0 unspecified atom stereocenters. The van der Waals surface area contributed by atoms with Gasteiger partial charge in [0.15, 0.2) is 5.65 Å². The van der Waals surface area contributed by atoms with E-state index in [1.54, 1.807) is 4.57 Å². The van der Waals surface area contributed by atoms with Crippen LogP contribution in [0, 0.1) is 0 Å². The zero-order valence-corrected chi connectivity index (χ0v) is 21.8. The molecule has 4 aromatic rings. The summed E-state index contributed by atoms with van der Waals surface area (Å²) in [5, 5.41) is 13.0. The molecule has 9 nitrogen and oxygen atoms in total. The lowest BCUT2D eigenvalue weighted by molar-refractivity contribution is 0.0999. The Morgan fingerprint density at radius 3 is 2.72 bits per heavy atom. The quantitative estimate of drug-likeness (QED) is 0.323. The zero-order chi connectivity index (χ0) is 26.9. The second kappa shape index (κ2) is 10.6. The second-order valence-corrected chi connectivity index (χ2v) is 10.4. The maximum atomic E-state index is 13.0. The first kappa shape index (κ1) is 25.2. The summed E-state index contributed by atoms with van der Waals surface area (Å²) in [6.45, 7) is 2.19. The summed E-state index contributed by atoms with van der Waals surface area (Å²) < 4.78 is 1.75. The van der Waals surface area contributed by atoms with Crippen molar-refractivity contribution in [2.24, 2.45) is 5.73 Å². The fourth-order valence-electron chi connectivity index (χ4n) is 5.80. The van der Waals surface area contributed by atoms with Gasteiger partial charge in [0, 0.05) is 36.4 Å². The summed E-state index contributed by atoms with van der Waals surface area (Å²) in [5.41, 5.74) is 10.8. The number of primary amides is 1. The topological polar surface area (TPSA) is 126 Å². The van der Waals surface area contributed by atoms with E-state index in [0.717, 1.165) is 63.0 Å². The van der Waals surface area contributed by atoms with Crippen LogP contribution in [0.5, 0.6) is 0 Å². The van der Waals surface area contributed by atoms with Gasteiger partial charge in [-0.1, -0.05) is 18.2 Å². The smallest absolute Gasteiger partial charge is 0.254 e. The van der Waals surface area contributed by atoms with Crippen molar-refractivity contribution in [2.75, 3.05) is 25.0 Å². The van der Waals surface area contributed by atoms with Gasteiger partial charge in [-0.15, -0.1) is 0 Å². The number of aryl methyl sites for hydroxylation is 2. The SMILES string of the molecule is NC(=O)c1cn(-c2ccc3c(c2)CCC3)c2nc(Nc3ccc(CCN4CCC[C@@H]4CO)cc3)ncc2c1=O. The van der Waals surface area contributed by atoms with Gasteiger partial charge in [0.1, 0.15) is 5.56 Å². The van der Waals surface area contributed by atoms with Crippen LogP contribution in [0.4, 0.5) is 11.6 Å². The maximum Gasteiger partial charge on any atom is 0.254 e. The average Bonchev–Trinajstić information content (AvgIpc) is 3.61. The number of pyridine rings is 1. The molecule has 1 amide bonds. The van der Waals surface area contributed by atoms with E-state index in [2.05, 4.69) is 44.5 Å². The molecule has 6 rings (SSSR count). The van der Waals surface area contributed by atoms with Gasteiger partial charge in [-0.2, -0.15) is 4.98 Å². The molecule has 1 atom stereocenters. The molecule has 0 bridgehead atoms. The van der Waals surface area contributed by atoms with Gasteiger partial charge >= 0.3 is 0 Å². The minimum absolute atomic E-state index is 0.0952. The van der Waals surface area contributed by atoms with Crippen LogP contribution in [0.1, 0.15) is 46.3 Å². The molecule has 1 fully saturated rings. The van der Waals surface area contributed by atoms with Crippen molar-refractivity contribution in [3.8, 4) is 5.69 Å². The molecule has 200 valence electrons. The average molecular weight is 525 g/mol. The van der Waals surface area contributed by atoms with Gasteiger partial charge in [0.2, 0.25) is 11.4 Å². The first-order valence-corrected chi connectivity index (χ1v) is 13.6. The molecule has 0 radical (unpaired) electrons. The molecule has 1 aliphatic carbocycles. The number of aliphatic hydroxyl groups excluding tert-OH is 1. The number of anilines is 2. The number of aliphatic hydroxyl groups is 1. The van der Waals surface area contributed by atoms with Crippen molar-refractivity contribution < 1.29 is 9.90 Å². The predicted molar refractivity (Wildman–Crippen MR) is 151 cm³/mol. The molecule has 39 heavy (non-hydrogen) atoms. The van der Waals surface area contributed by atoms with Crippen LogP contribution in [0.3, 0.4) is 0 Å². The minimum atomic E-state index is -0.782. The van der Waals surface area contributed by atoms with Crippen LogP contribution in [-0.2, 0) is 19.3 Å². The highest BCUT2D eigenvalue weighted by atomic mass is 16.3. The second-order valence-electron chi connectivity index (χ2n) is 10.4. The number of nitrogens with zero attached hydrogens (tertiary/aromatic N) is 4.